The second kappa shape index (κ2) is 8.09. The molecule has 149 valence electrons. The van der Waals surface area contributed by atoms with E-state index in [-0.39, 0.29) is 25.8 Å². The van der Waals surface area contributed by atoms with Crippen LogP contribution in [0.3, 0.4) is 0 Å². The topological polar surface area (TPSA) is 12.9 Å². The maximum Gasteiger partial charge on any atom is 0.405 e. The van der Waals surface area contributed by atoms with Crippen molar-refractivity contribution in [2.45, 2.75) is 25.4 Å². The van der Waals surface area contributed by atoms with Gasteiger partial charge in [0, 0.05) is 37.3 Å². The van der Waals surface area contributed by atoms with Crippen LogP contribution in [-0.4, -0.2) is 4.98 Å². The zero-order valence-corrected chi connectivity index (χ0v) is 17.3. The Morgan fingerprint density at radius 1 is 0.929 bits per heavy atom. The molecule has 2 aromatic carbocycles. The molecule has 1 aromatic heterocycles. The molecule has 0 aliphatic carbocycles. The SMILES string of the molecule is CC(C)(c1ccccc1)c1ccnc(-c2[c-]cc(F)c(C(F)(F)F)c2F)c1.[Ir]. The molecule has 3 aromatic rings. The average Bonchev–Trinajstić information content (AvgIpc) is 2.61. The number of nitrogens with zero attached hydrogens (tertiary/aromatic N) is 1. The van der Waals surface area contributed by atoms with E-state index in [1.807, 2.05) is 44.2 Å². The van der Waals surface area contributed by atoms with Crippen LogP contribution in [0.2, 0.25) is 0 Å². The summed E-state index contributed by atoms with van der Waals surface area (Å²) in [4.78, 5) is 3.97. The molecular formula is C21H15F5IrN-. The third-order valence-electron chi connectivity index (χ3n) is 4.54. The summed E-state index contributed by atoms with van der Waals surface area (Å²) in [5, 5.41) is 0. The van der Waals surface area contributed by atoms with Gasteiger partial charge in [-0.15, -0.1) is 12.1 Å². The van der Waals surface area contributed by atoms with Crippen LogP contribution in [0.4, 0.5) is 22.0 Å². The van der Waals surface area contributed by atoms with E-state index >= 15 is 0 Å². The Kier molecular flexibility index (Phi) is 6.41. The zero-order valence-electron chi connectivity index (χ0n) is 14.9. The van der Waals surface area contributed by atoms with Crippen molar-refractivity contribution in [1.29, 1.82) is 0 Å². The number of hydrogen-bond acceptors (Lipinski definition) is 1. The number of pyridine rings is 1. The van der Waals surface area contributed by atoms with E-state index in [0.29, 0.717) is 6.07 Å². The Hall–Kier alpha value is -2.11. The molecule has 0 aliphatic heterocycles. The molecule has 0 saturated carbocycles. The molecule has 0 atom stereocenters. The zero-order chi connectivity index (χ0) is 19.8. The number of hydrogen-bond donors (Lipinski definition) is 0. The number of rotatable bonds is 3. The van der Waals surface area contributed by atoms with Crippen LogP contribution in [0.1, 0.15) is 30.5 Å². The van der Waals surface area contributed by atoms with Gasteiger partial charge in [-0.2, -0.15) is 13.2 Å². The van der Waals surface area contributed by atoms with Gasteiger partial charge in [0.15, 0.2) is 0 Å². The monoisotopic (exact) mass is 569 g/mol. The average molecular weight is 569 g/mol. The first kappa shape index (κ1) is 22.2. The minimum atomic E-state index is -5.15. The van der Waals surface area contributed by atoms with Crippen molar-refractivity contribution < 1.29 is 42.1 Å². The van der Waals surface area contributed by atoms with Gasteiger partial charge in [0.2, 0.25) is 0 Å². The molecule has 0 amide bonds. The van der Waals surface area contributed by atoms with Crippen molar-refractivity contribution in [3.05, 3.63) is 89.1 Å². The number of aromatic nitrogens is 1. The maximum absolute atomic E-state index is 14.4. The van der Waals surface area contributed by atoms with E-state index in [4.69, 9.17) is 0 Å². The third kappa shape index (κ3) is 4.15. The second-order valence-electron chi connectivity index (χ2n) is 6.62. The molecule has 0 bridgehead atoms. The molecule has 0 unspecified atom stereocenters. The van der Waals surface area contributed by atoms with Gasteiger partial charge < -0.3 is 4.98 Å². The van der Waals surface area contributed by atoms with E-state index in [2.05, 4.69) is 11.1 Å². The van der Waals surface area contributed by atoms with Crippen molar-refractivity contribution in [2.24, 2.45) is 0 Å². The summed E-state index contributed by atoms with van der Waals surface area (Å²) in [5.41, 5.74) is -1.30. The number of benzene rings is 2. The molecule has 0 spiro atoms. The Bertz CT molecular complexity index is 968. The van der Waals surface area contributed by atoms with Crippen LogP contribution in [0.5, 0.6) is 0 Å². The predicted octanol–water partition coefficient (Wildman–Crippen LogP) is 6.17. The fourth-order valence-corrected chi connectivity index (χ4v) is 2.92. The molecule has 1 nitrogen and oxygen atoms in total. The molecule has 28 heavy (non-hydrogen) atoms. The summed E-state index contributed by atoms with van der Waals surface area (Å²) in [6.45, 7) is 3.88. The third-order valence-corrected chi connectivity index (χ3v) is 4.54. The van der Waals surface area contributed by atoms with Gasteiger partial charge in [-0.05, 0) is 22.9 Å². The van der Waals surface area contributed by atoms with E-state index < -0.39 is 34.4 Å². The molecule has 7 heteroatoms. The fraction of sp³-hybridized carbons (Fsp3) is 0.190. The smallest absolute Gasteiger partial charge is 0.305 e. The predicted molar refractivity (Wildman–Crippen MR) is 92.0 cm³/mol. The summed E-state index contributed by atoms with van der Waals surface area (Å²) < 4.78 is 66.9. The van der Waals surface area contributed by atoms with Crippen LogP contribution >= 0.6 is 0 Å². The Morgan fingerprint density at radius 2 is 1.57 bits per heavy atom. The number of alkyl halides is 3. The fourth-order valence-electron chi connectivity index (χ4n) is 2.92. The minimum absolute atomic E-state index is 0. The van der Waals surface area contributed by atoms with E-state index in [1.165, 1.54) is 12.3 Å². The van der Waals surface area contributed by atoms with Crippen LogP contribution < -0.4 is 0 Å². The Balaban J connectivity index is 0.00000280. The molecule has 0 saturated heterocycles. The summed E-state index contributed by atoms with van der Waals surface area (Å²) in [6.07, 6.45) is -3.77. The number of halogens is 5. The molecule has 1 radical (unpaired) electrons. The summed E-state index contributed by atoms with van der Waals surface area (Å²) in [6, 6.07) is 15.4. The maximum atomic E-state index is 14.4. The van der Waals surface area contributed by atoms with Gasteiger partial charge in [0.1, 0.15) is 0 Å². The van der Waals surface area contributed by atoms with Gasteiger partial charge in [-0.1, -0.05) is 55.8 Å². The van der Waals surface area contributed by atoms with Crippen LogP contribution in [-0.2, 0) is 31.7 Å². The Morgan fingerprint density at radius 3 is 2.18 bits per heavy atom. The van der Waals surface area contributed by atoms with Crippen molar-refractivity contribution in [1.82, 2.24) is 4.98 Å². The Labute approximate surface area is 173 Å². The first-order chi connectivity index (χ1) is 12.6. The normalized spacial score (nSPS) is 11.8. The standard InChI is InChI=1S/C21H15F5N.Ir/c1-20(2,13-6-4-3-5-7-13)14-10-11-27-17(12-14)15-8-9-16(22)18(19(15)23)21(24,25)26;/h3-7,9-12H,1-2H3;/q-1;. The van der Waals surface area contributed by atoms with Crippen molar-refractivity contribution >= 4 is 0 Å². The van der Waals surface area contributed by atoms with Crippen molar-refractivity contribution in [3.63, 3.8) is 0 Å². The molecule has 1 heterocycles. The van der Waals surface area contributed by atoms with Gasteiger partial charge in [0.05, 0.1) is 11.6 Å². The minimum Gasteiger partial charge on any atom is -0.305 e. The van der Waals surface area contributed by atoms with Crippen molar-refractivity contribution in [2.75, 3.05) is 0 Å². The van der Waals surface area contributed by atoms with Crippen LogP contribution in [0.25, 0.3) is 11.3 Å². The summed E-state index contributed by atoms with van der Waals surface area (Å²) in [5.74, 6) is -3.42. The largest absolute Gasteiger partial charge is 0.405 e. The first-order valence-electron chi connectivity index (χ1n) is 8.11. The summed E-state index contributed by atoms with van der Waals surface area (Å²) in [7, 11) is 0. The molecule has 0 fully saturated rings. The van der Waals surface area contributed by atoms with Gasteiger partial charge in [0.25, 0.3) is 0 Å². The molecule has 0 aliphatic rings. The van der Waals surface area contributed by atoms with E-state index in [1.54, 1.807) is 6.07 Å². The summed E-state index contributed by atoms with van der Waals surface area (Å²) >= 11 is 0. The van der Waals surface area contributed by atoms with Crippen LogP contribution in [0, 0.1) is 17.7 Å². The molecule has 0 N–H and O–H groups in total. The quantitative estimate of drug-likeness (QED) is 0.272. The van der Waals surface area contributed by atoms with Crippen molar-refractivity contribution in [3.8, 4) is 11.3 Å². The van der Waals surface area contributed by atoms with Gasteiger partial charge >= 0.3 is 6.18 Å². The first-order valence-corrected chi connectivity index (χ1v) is 8.11. The van der Waals surface area contributed by atoms with Gasteiger partial charge in [-0.3, -0.25) is 8.78 Å². The molecule has 3 rings (SSSR count). The van der Waals surface area contributed by atoms with Crippen LogP contribution in [0.15, 0.2) is 54.7 Å². The molecular weight excluding hydrogens is 553 g/mol. The van der Waals surface area contributed by atoms with Gasteiger partial charge in [-0.25, -0.2) is 0 Å². The van der Waals surface area contributed by atoms with E-state index in [0.717, 1.165) is 11.1 Å². The second-order valence-corrected chi connectivity index (χ2v) is 6.62. The van der Waals surface area contributed by atoms with E-state index in [9.17, 15) is 22.0 Å².